The summed E-state index contributed by atoms with van der Waals surface area (Å²) in [7, 11) is 1.86. The van der Waals surface area contributed by atoms with Gasteiger partial charge in [0, 0.05) is 18.3 Å². The van der Waals surface area contributed by atoms with E-state index in [2.05, 4.69) is 15.5 Å². The molecule has 0 aliphatic carbocycles. The van der Waals surface area contributed by atoms with E-state index in [1.165, 1.54) is 5.56 Å². The summed E-state index contributed by atoms with van der Waals surface area (Å²) < 4.78 is 0. The third-order valence-electron chi connectivity index (χ3n) is 1.49. The van der Waals surface area contributed by atoms with Crippen LogP contribution in [0.25, 0.3) is 0 Å². The molecule has 0 aliphatic heterocycles. The van der Waals surface area contributed by atoms with Crippen molar-refractivity contribution in [2.75, 3.05) is 12.4 Å². The number of H-pyrrole nitrogens is 1. The first-order valence-corrected chi connectivity index (χ1v) is 3.95. The second-order valence-electron chi connectivity index (χ2n) is 2.07. The molecule has 0 aromatic carbocycles. The Hall–Kier alpha value is -0.990. The van der Waals surface area contributed by atoms with E-state index in [0.717, 1.165) is 11.5 Å². The van der Waals surface area contributed by atoms with Crippen molar-refractivity contribution in [3.05, 3.63) is 11.3 Å². The predicted octanol–water partition coefficient (Wildman–Crippen LogP) is 2.09. The van der Waals surface area contributed by atoms with Crippen molar-refractivity contribution < 1.29 is 0 Å². The highest BCUT2D eigenvalue weighted by atomic mass is 15.2. The van der Waals surface area contributed by atoms with Crippen LogP contribution in [0.3, 0.4) is 0 Å². The number of aromatic amines is 1. The summed E-state index contributed by atoms with van der Waals surface area (Å²) in [6.07, 6.45) is 0. The molecule has 0 bridgehead atoms. The molecule has 0 spiro atoms. The van der Waals surface area contributed by atoms with Crippen LogP contribution >= 0.6 is 0 Å². The van der Waals surface area contributed by atoms with Crippen LogP contribution in [0, 0.1) is 13.8 Å². The Kier molecular flexibility index (Phi) is 4.34. The number of nitrogens with one attached hydrogen (secondary N) is 2. The maximum atomic E-state index is 4.00. The Morgan fingerprint density at radius 3 is 2.00 bits per heavy atom. The summed E-state index contributed by atoms with van der Waals surface area (Å²) >= 11 is 0. The third-order valence-corrected chi connectivity index (χ3v) is 1.49. The minimum Gasteiger partial charge on any atom is -0.371 e. The molecule has 11 heavy (non-hydrogen) atoms. The van der Waals surface area contributed by atoms with E-state index >= 15 is 0 Å². The van der Waals surface area contributed by atoms with E-state index in [9.17, 15) is 0 Å². The van der Waals surface area contributed by atoms with Crippen molar-refractivity contribution in [1.29, 1.82) is 0 Å². The molecule has 1 aromatic heterocycles. The van der Waals surface area contributed by atoms with Crippen LogP contribution in [0.5, 0.6) is 0 Å². The van der Waals surface area contributed by atoms with E-state index in [0.29, 0.717) is 0 Å². The van der Waals surface area contributed by atoms with Crippen molar-refractivity contribution in [3.63, 3.8) is 0 Å². The van der Waals surface area contributed by atoms with E-state index < -0.39 is 0 Å². The number of anilines is 1. The molecule has 1 aromatic rings. The van der Waals surface area contributed by atoms with Gasteiger partial charge >= 0.3 is 0 Å². The van der Waals surface area contributed by atoms with Crippen LogP contribution in [0.1, 0.15) is 25.1 Å². The molecular formula is C8H17N3. The summed E-state index contributed by atoms with van der Waals surface area (Å²) in [5.41, 5.74) is 2.32. The van der Waals surface area contributed by atoms with Gasteiger partial charge in [-0.25, -0.2) is 0 Å². The lowest BCUT2D eigenvalue weighted by Crippen LogP contribution is -1.89. The predicted molar refractivity (Wildman–Crippen MR) is 49.0 cm³/mol. The average molecular weight is 155 g/mol. The number of nitrogens with zero attached hydrogens (tertiary/aromatic N) is 1. The molecule has 3 nitrogen and oxygen atoms in total. The monoisotopic (exact) mass is 155 g/mol. The highest BCUT2D eigenvalue weighted by Crippen LogP contribution is 2.11. The lowest BCUT2D eigenvalue weighted by molar-refractivity contribution is 1.04. The zero-order chi connectivity index (χ0) is 8.85. The Bertz CT molecular complexity index is 203. The lowest BCUT2D eigenvalue weighted by atomic mass is 10.3. The molecule has 0 saturated heterocycles. The normalized spacial score (nSPS) is 8.45. The second-order valence-corrected chi connectivity index (χ2v) is 2.07. The molecule has 2 N–H and O–H groups in total. The van der Waals surface area contributed by atoms with Gasteiger partial charge in [-0.05, 0) is 13.8 Å². The molecule has 0 saturated carbocycles. The molecular weight excluding hydrogens is 138 g/mol. The molecule has 64 valence electrons. The maximum Gasteiger partial charge on any atom is 0.150 e. The largest absolute Gasteiger partial charge is 0.371 e. The van der Waals surface area contributed by atoms with Gasteiger partial charge in [0.25, 0.3) is 0 Å². The fraction of sp³-hybridized carbons (Fsp3) is 0.625. The third kappa shape index (κ3) is 2.26. The summed E-state index contributed by atoms with van der Waals surface area (Å²) in [6, 6.07) is 0. The highest BCUT2D eigenvalue weighted by molar-refractivity contribution is 5.44. The summed E-state index contributed by atoms with van der Waals surface area (Å²) in [4.78, 5) is 0. The molecule has 3 heteroatoms. The molecule has 0 fully saturated rings. The SMILES string of the molecule is CC.CNc1n[nH]c(C)c1C. The fourth-order valence-electron chi connectivity index (χ4n) is 0.728. The number of aromatic nitrogens is 2. The Morgan fingerprint density at radius 2 is 1.82 bits per heavy atom. The number of aryl methyl sites for hydroxylation is 1. The molecule has 1 heterocycles. The minimum absolute atomic E-state index is 0.938. The van der Waals surface area contributed by atoms with Crippen molar-refractivity contribution in [2.24, 2.45) is 0 Å². The molecule has 0 amide bonds. The van der Waals surface area contributed by atoms with Crippen LogP contribution in [0.2, 0.25) is 0 Å². The van der Waals surface area contributed by atoms with Gasteiger partial charge in [0.1, 0.15) is 0 Å². The molecule has 0 atom stereocenters. The number of hydrogen-bond acceptors (Lipinski definition) is 2. The fourth-order valence-corrected chi connectivity index (χ4v) is 0.728. The van der Waals surface area contributed by atoms with Crippen molar-refractivity contribution >= 4 is 5.82 Å². The first-order valence-electron chi connectivity index (χ1n) is 3.95. The van der Waals surface area contributed by atoms with Gasteiger partial charge in [0.2, 0.25) is 0 Å². The van der Waals surface area contributed by atoms with Crippen molar-refractivity contribution in [2.45, 2.75) is 27.7 Å². The van der Waals surface area contributed by atoms with Gasteiger partial charge < -0.3 is 5.32 Å². The number of rotatable bonds is 1. The van der Waals surface area contributed by atoms with E-state index in [4.69, 9.17) is 0 Å². The molecule has 0 aliphatic rings. The van der Waals surface area contributed by atoms with Crippen LogP contribution in [0.15, 0.2) is 0 Å². The maximum absolute atomic E-state index is 4.00. The lowest BCUT2D eigenvalue weighted by Gasteiger charge is -1.92. The van der Waals surface area contributed by atoms with Gasteiger partial charge in [-0.3, -0.25) is 5.10 Å². The topological polar surface area (TPSA) is 40.7 Å². The summed E-state index contributed by atoms with van der Waals surface area (Å²) in [5, 5.41) is 9.85. The Balaban J connectivity index is 0.000000461. The number of hydrogen-bond donors (Lipinski definition) is 2. The van der Waals surface area contributed by atoms with Gasteiger partial charge in [0.05, 0.1) is 0 Å². The average Bonchev–Trinajstić information content (AvgIpc) is 2.37. The van der Waals surface area contributed by atoms with Gasteiger partial charge in [0.15, 0.2) is 5.82 Å². The zero-order valence-corrected chi connectivity index (χ0v) is 7.95. The summed E-state index contributed by atoms with van der Waals surface area (Å²) in [5.74, 6) is 0.938. The Morgan fingerprint density at radius 1 is 1.27 bits per heavy atom. The van der Waals surface area contributed by atoms with E-state index in [1.807, 2.05) is 34.7 Å². The molecule has 0 unspecified atom stereocenters. The van der Waals surface area contributed by atoms with Gasteiger partial charge in [-0.2, -0.15) is 5.10 Å². The van der Waals surface area contributed by atoms with Crippen molar-refractivity contribution in [1.82, 2.24) is 10.2 Å². The van der Waals surface area contributed by atoms with E-state index in [1.54, 1.807) is 0 Å². The van der Waals surface area contributed by atoms with Gasteiger partial charge in [-0.1, -0.05) is 13.8 Å². The smallest absolute Gasteiger partial charge is 0.150 e. The van der Waals surface area contributed by atoms with Crippen molar-refractivity contribution in [3.8, 4) is 0 Å². The van der Waals surface area contributed by atoms with Crippen LogP contribution in [-0.2, 0) is 0 Å². The minimum atomic E-state index is 0.938. The van der Waals surface area contributed by atoms with Crippen LogP contribution in [-0.4, -0.2) is 17.2 Å². The quantitative estimate of drug-likeness (QED) is 0.652. The molecule has 1 rings (SSSR count). The summed E-state index contributed by atoms with van der Waals surface area (Å²) in [6.45, 7) is 8.04. The molecule has 0 radical (unpaired) electrons. The van der Waals surface area contributed by atoms with Gasteiger partial charge in [-0.15, -0.1) is 0 Å². The first kappa shape index (κ1) is 10.0. The Labute approximate surface area is 68.2 Å². The first-order chi connectivity index (χ1) is 5.25. The zero-order valence-electron chi connectivity index (χ0n) is 7.95. The highest BCUT2D eigenvalue weighted by Gasteiger charge is 2.00. The second kappa shape index (κ2) is 4.77. The van der Waals surface area contributed by atoms with E-state index in [-0.39, 0.29) is 0 Å². The van der Waals surface area contributed by atoms with Crippen LogP contribution in [0.4, 0.5) is 5.82 Å². The van der Waals surface area contributed by atoms with Crippen LogP contribution < -0.4 is 5.32 Å². The standard InChI is InChI=1S/C6H11N3.C2H6/c1-4-5(2)8-9-6(4)7-3;1-2/h1-3H3,(H2,7,8,9);1-2H3.